The van der Waals surface area contributed by atoms with Crippen molar-refractivity contribution in [2.24, 2.45) is 0 Å². The zero-order chi connectivity index (χ0) is 14.7. The quantitative estimate of drug-likeness (QED) is 0.523. The SMILES string of the molecule is CC=C(CC)c1ccc2ccccc2c1-c1ccccc1. The molecule has 3 aromatic rings. The summed E-state index contributed by atoms with van der Waals surface area (Å²) in [7, 11) is 0. The van der Waals surface area contributed by atoms with Gasteiger partial charge in [0, 0.05) is 0 Å². The Balaban J connectivity index is 2.39. The molecule has 0 aliphatic carbocycles. The fourth-order valence-electron chi connectivity index (χ4n) is 3.01. The predicted octanol–water partition coefficient (Wildman–Crippen LogP) is 6.32. The van der Waals surface area contributed by atoms with Gasteiger partial charge in [-0.15, -0.1) is 0 Å². The summed E-state index contributed by atoms with van der Waals surface area (Å²) in [5.74, 6) is 0. The Morgan fingerprint density at radius 1 is 0.857 bits per heavy atom. The first-order chi connectivity index (χ1) is 10.3. The number of hydrogen-bond acceptors (Lipinski definition) is 0. The third kappa shape index (κ3) is 2.50. The van der Waals surface area contributed by atoms with E-state index >= 15 is 0 Å². The molecule has 0 aromatic heterocycles. The second kappa shape index (κ2) is 5.97. The first-order valence-corrected chi connectivity index (χ1v) is 7.58. The van der Waals surface area contributed by atoms with Crippen LogP contribution in [0.2, 0.25) is 0 Å². The number of fused-ring (bicyclic) bond motifs is 1. The van der Waals surface area contributed by atoms with E-state index in [9.17, 15) is 0 Å². The van der Waals surface area contributed by atoms with Crippen molar-refractivity contribution in [3.05, 3.63) is 78.4 Å². The molecule has 0 heterocycles. The largest absolute Gasteiger partial charge is 0.0838 e. The third-order valence-corrected chi connectivity index (χ3v) is 4.07. The van der Waals surface area contributed by atoms with E-state index in [0.29, 0.717) is 0 Å². The molecule has 0 fully saturated rings. The highest BCUT2D eigenvalue weighted by atomic mass is 14.1. The molecule has 0 bridgehead atoms. The molecule has 0 heteroatoms. The summed E-state index contributed by atoms with van der Waals surface area (Å²) in [6.07, 6.45) is 3.28. The maximum Gasteiger partial charge on any atom is -0.00302 e. The number of rotatable bonds is 3. The second-order valence-electron chi connectivity index (χ2n) is 5.24. The normalized spacial score (nSPS) is 11.8. The van der Waals surface area contributed by atoms with Crippen molar-refractivity contribution < 1.29 is 0 Å². The monoisotopic (exact) mass is 272 g/mol. The molecule has 0 saturated heterocycles. The first-order valence-electron chi connectivity index (χ1n) is 7.58. The van der Waals surface area contributed by atoms with Gasteiger partial charge >= 0.3 is 0 Å². The van der Waals surface area contributed by atoms with Gasteiger partial charge in [-0.1, -0.05) is 79.7 Å². The molecular weight excluding hydrogens is 252 g/mol. The minimum absolute atomic E-state index is 1.05. The average Bonchev–Trinajstić information content (AvgIpc) is 2.56. The van der Waals surface area contributed by atoms with Gasteiger partial charge in [0.25, 0.3) is 0 Å². The molecule has 21 heavy (non-hydrogen) atoms. The molecule has 0 spiro atoms. The van der Waals surface area contributed by atoms with Crippen LogP contribution in [-0.4, -0.2) is 0 Å². The zero-order valence-electron chi connectivity index (χ0n) is 12.6. The molecule has 0 N–H and O–H groups in total. The summed E-state index contributed by atoms with van der Waals surface area (Å²) in [4.78, 5) is 0. The Morgan fingerprint density at radius 3 is 2.29 bits per heavy atom. The number of benzene rings is 3. The first kappa shape index (κ1) is 13.6. The Morgan fingerprint density at radius 2 is 1.57 bits per heavy atom. The van der Waals surface area contributed by atoms with Crippen LogP contribution in [0.4, 0.5) is 0 Å². The van der Waals surface area contributed by atoms with Crippen molar-refractivity contribution in [2.75, 3.05) is 0 Å². The number of allylic oxidation sites excluding steroid dienone is 2. The molecule has 0 unspecified atom stereocenters. The molecule has 0 radical (unpaired) electrons. The molecule has 0 amide bonds. The Hall–Kier alpha value is -2.34. The fourth-order valence-corrected chi connectivity index (χ4v) is 3.01. The molecule has 0 aliphatic heterocycles. The lowest BCUT2D eigenvalue weighted by Crippen LogP contribution is -1.91. The van der Waals surface area contributed by atoms with Crippen molar-refractivity contribution in [3.63, 3.8) is 0 Å². The van der Waals surface area contributed by atoms with Gasteiger partial charge in [-0.25, -0.2) is 0 Å². The zero-order valence-corrected chi connectivity index (χ0v) is 12.6. The molecule has 104 valence electrons. The molecule has 0 saturated carbocycles. The van der Waals surface area contributed by atoms with Gasteiger partial charge < -0.3 is 0 Å². The van der Waals surface area contributed by atoms with E-state index in [4.69, 9.17) is 0 Å². The predicted molar refractivity (Wildman–Crippen MR) is 93.3 cm³/mol. The van der Waals surface area contributed by atoms with E-state index in [-0.39, 0.29) is 0 Å². The van der Waals surface area contributed by atoms with E-state index in [1.54, 1.807) is 0 Å². The van der Waals surface area contributed by atoms with Crippen LogP contribution in [0.5, 0.6) is 0 Å². The lowest BCUT2D eigenvalue weighted by Gasteiger charge is -2.15. The van der Waals surface area contributed by atoms with E-state index in [2.05, 4.69) is 86.7 Å². The molecule has 3 aromatic carbocycles. The summed E-state index contributed by atoms with van der Waals surface area (Å²) < 4.78 is 0. The topological polar surface area (TPSA) is 0 Å². The highest BCUT2D eigenvalue weighted by Crippen LogP contribution is 2.36. The number of hydrogen-bond donors (Lipinski definition) is 0. The summed E-state index contributed by atoms with van der Waals surface area (Å²) in [5, 5.41) is 2.63. The van der Waals surface area contributed by atoms with Crippen molar-refractivity contribution in [3.8, 4) is 11.1 Å². The molecule has 0 atom stereocenters. The van der Waals surface area contributed by atoms with Crippen LogP contribution in [0, 0.1) is 0 Å². The van der Waals surface area contributed by atoms with Gasteiger partial charge in [0.15, 0.2) is 0 Å². The highest BCUT2D eigenvalue weighted by molar-refractivity contribution is 6.02. The molecule has 0 nitrogen and oxygen atoms in total. The summed E-state index contributed by atoms with van der Waals surface area (Å²) in [6, 6.07) is 23.8. The average molecular weight is 272 g/mol. The smallest absolute Gasteiger partial charge is 0.00302 e. The van der Waals surface area contributed by atoms with Crippen LogP contribution >= 0.6 is 0 Å². The van der Waals surface area contributed by atoms with Gasteiger partial charge in [0.1, 0.15) is 0 Å². The van der Waals surface area contributed by atoms with Crippen LogP contribution in [-0.2, 0) is 0 Å². The van der Waals surface area contributed by atoms with Gasteiger partial charge in [0.2, 0.25) is 0 Å². The maximum absolute atomic E-state index is 2.27. The van der Waals surface area contributed by atoms with Gasteiger partial charge in [0.05, 0.1) is 0 Å². The van der Waals surface area contributed by atoms with E-state index in [1.165, 1.54) is 33.0 Å². The van der Waals surface area contributed by atoms with Crippen molar-refractivity contribution in [1.29, 1.82) is 0 Å². The van der Waals surface area contributed by atoms with Crippen LogP contribution in [0.3, 0.4) is 0 Å². The summed E-state index contributed by atoms with van der Waals surface area (Å²) in [5.41, 5.74) is 5.39. The minimum Gasteiger partial charge on any atom is -0.0838 e. The fraction of sp³-hybridized carbons (Fsp3) is 0.143. The van der Waals surface area contributed by atoms with Crippen molar-refractivity contribution in [2.45, 2.75) is 20.3 Å². The van der Waals surface area contributed by atoms with Crippen LogP contribution in [0.1, 0.15) is 25.8 Å². The summed E-state index contributed by atoms with van der Waals surface area (Å²) in [6.45, 7) is 4.35. The minimum atomic E-state index is 1.05. The van der Waals surface area contributed by atoms with E-state index in [1.807, 2.05) is 0 Å². The van der Waals surface area contributed by atoms with Crippen LogP contribution < -0.4 is 0 Å². The van der Waals surface area contributed by atoms with Gasteiger partial charge in [-0.05, 0) is 46.4 Å². The highest BCUT2D eigenvalue weighted by Gasteiger charge is 2.11. The van der Waals surface area contributed by atoms with Gasteiger partial charge in [-0.3, -0.25) is 0 Å². The van der Waals surface area contributed by atoms with Crippen molar-refractivity contribution in [1.82, 2.24) is 0 Å². The van der Waals surface area contributed by atoms with E-state index in [0.717, 1.165) is 6.42 Å². The Bertz CT molecular complexity index is 780. The second-order valence-corrected chi connectivity index (χ2v) is 5.24. The van der Waals surface area contributed by atoms with Crippen LogP contribution in [0.15, 0.2) is 72.8 Å². The molecule has 3 rings (SSSR count). The lowest BCUT2D eigenvalue weighted by atomic mass is 9.89. The van der Waals surface area contributed by atoms with Crippen LogP contribution in [0.25, 0.3) is 27.5 Å². The standard InChI is InChI=1S/C21H20/c1-3-16(4-2)20-15-14-17-10-8-9-13-19(17)21(20)18-11-6-5-7-12-18/h3,5-15H,4H2,1-2H3. The van der Waals surface area contributed by atoms with E-state index < -0.39 is 0 Å². The van der Waals surface area contributed by atoms with Crippen molar-refractivity contribution >= 4 is 16.3 Å². The Kier molecular flexibility index (Phi) is 3.87. The third-order valence-electron chi connectivity index (χ3n) is 4.07. The Labute approximate surface area is 126 Å². The molecule has 0 aliphatic rings. The lowest BCUT2D eigenvalue weighted by molar-refractivity contribution is 1.23. The maximum atomic E-state index is 2.27. The van der Waals surface area contributed by atoms with Gasteiger partial charge in [-0.2, -0.15) is 0 Å². The molecular formula is C21H20. The summed E-state index contributed by atoms with van der Waals surface area (Å²) >= 11 is 0.